The number of terminal acetylenes is 1. The number of phenols is 1. The number of nitrogens with one attached hydrogen (secondary N) is 2. The van der Waals surface area contributed by atoms with Gasteiger partial charge in [0, 0.05) is 23.7 Å². The van der Waals surface area contributed by atoms with Crippen LogP contribution >= 0.6 is 0 Å². The van der Waals surface area contributed by atoms with Gasteiger partial charge in [-0.05, 0) is 81.5 Å². The number of nitrogens with zero attached hydrogens (tertiary/aromatic N) is 1. The van der Waals surface area contributed by atoms with Crippen LogP contribution in [0.4, 0.5) is 10.5 Å². The molecule has 42 heavy (non-hydrogen) atoms. The van der Waals surface area contributed by atoms with Crippen molar-refractivity contribution in [3.63, 3.8) is 0 Å². The Balaban J connectivity index is 1.76. The quantitative estimate of drug-likeness (QED) is 0.297. The van der Waals surface area contributed by atoms with Crippen LogP contribution in [-0.4, -0.2) is 45.6 Å². The van der Waals surface area contributed by atoms with Crippen LogP contribution in [0, 0.1) is 19.3 Å². The van der Waals surface area contributed by atoms with Gasteiger partial charge >= 0.3 is 6.09 Å². The zero-order valence-corrected chi connectivity index (χ0v) is 24.4. The lowest BCUT2D eigenvalue weighted by molar-refractivity contribution is -0.141. The average Bonchev–Trinajstić information content (AvgIpc) is 3.77. The lowest BCUT2D eigenvalue weighted by Crippen LogP contribution is -2.54. The first kappa shape index (κ1) is 30.2. The molecule has 0 bridgehead atoms. The topological polar surface area (TPSA) is 108 Å². The lowest BCUT2D eigenvalue weighted by atomic mass is 9.96. The number of para-hydroxylation sites is 1. The first-order valence-electron chi connectivity index (χ1n) is 14.0. The Morgan fingerprint density at radius 3 is 2.29 bits per heavy atom. The maximum atomic E-state index is 14.5. The number of rotatable bonds is 9. The third-order valence-corrected chi connectivity index (χ3v) is 6.90. The van der Waals surface area contributed by atoms with Gasteiger partial charge in [-0.3, -0.25) is 9.59 Å². The molecule has 218 valence electrons. The molecule has 3 N–H and O–H groups in total. The van der Waals surface area contributed by atoms with Crippen molar-refractivity contribution in [2.45, 2.75) is 70.7 Å². The molecule has 4 rings (SSSR count). The van der Waals surface area contributed by atoms with E-state index < -0.39 is 35.6 Å². The number of phenolic OH excluding ortho intramolecular Hbond substituents is 1. The van der Waals surface area contributed by atoms with Crippen molar-refractivity contribution in [1.82, 2.24) is 10.2 Å². The molecule has 1 saturated carbocycles. The van der Waals surface area contributed by atoms with E-state index in [-0.39, 0.29) is 18.2 Å². The summed E-state index contributed by atoms with van der Waals surface area (Å²) in [6, 6.07) is 18.5. The molecule has 2 atom stereocenters. The van der Waals surface area contributed by atoms with Crippen LogP contribution in [-0.2, 0) is 20.7 Å². The third-order valence-electron chi connectivity index (χ3n) is 6.90. The normalized spacial score (nSPS) is 14.2. The van der Waals surface area contributed by atoms with E-state index in [2.05, 4.69) is 16.6 Å². The predicted molar refractivity (Wildman–Crippen MR) is 162 cm³/mol. The zero-order chi connectivity index (χ0) is 30.4. The molecule has 1 aliphatic carbocycles. The van der Waals surface area contributed by atoms with Crippen LogP contribution in [0.1, 0.15) is 61.9 Å². The lowest BCUT2D eigenvalue weighted by Gasteiger charge is -2.35. The van der Waals surface area contributed by atoms with E-state index in [4.69, 9.17) is 11.2 Å². The summed E-state index contributed by atoms with van der Waals surface area (Å²) in [5, 5.41) is 15.5. The number of amides is 3. The summed E-state index contributed by atoms with van der Waals surface area (Å²) in [5.41, 5.74) is 2.44. The molecule has 0 heterocycles. The number of benzene rings is 3. The second kappa shape index (κ2) is 12.8. The fourth-order valence-electron chi connectivity index (χ4n) is 4.77. The summed E-state index contributed by atoms with van der Waals surface area (Å²) in [6.45, 7) is 7.11. The summed E-state index contributed by atoms with van der Waals surface area (Å²) in [7, 11) is 0. The van der Waals surface area contributed by atoms with Crippen molar-refractivity contribution in [2.24, 2.45) is 0 Å². The molecule has 0 aromatic heterocycles. The average molecular weight is 568 g/mol. The van der Waals surface area contributed by atoms with E-state index in [1.165, 1.54) is 12.1 Å². The molecule has 3 aromatic carbocycles. The van der Waals surface area contributed by atoms with Gasteiger partial charge in [0.15, 0.2) is 0 Å². The Hall–Kier alpha value is -4.77. The monoisotopic (exact) mass is 567 g/mol. The smallest absolute Gasteiger partial charge is 0.408 e. The standard InChI is InChI=1S/C34H37N3O5/c1-6-24-12-8-9-13-27(24)30(31(39)35-28-14-10-7-11-22(28)2)37(25-17-18-25)32(40)29(36-33(41)42-34(3,4)5)21-23-15-19-26(38)20-16-23/h1,7-16,19-20,25,29-30,38H,17-18,21H2,2-5H3,(H,35,39)(H,36,41). The second-order valence-electron chi connectivity index (χ2n) is 11.5. The van der Waals surface area contributed by atoms with Gasteiger partial charge in [0.05, 0.1) is 0 Å². The fraction of sp³-hybridized carbons (Fsp3) is 0.324. The summed E-state index contributed by atoms with van der Waals surface area (Å²) < 4.78 is 5.49. The van der Waals surface area contributed by atoms with Crippen molar-refractivity contribution >= 4 is 23.6 Å². The molecule has 0 aliphatic heterocycles. The number of carbonyl (C=O) groups excluding carboxylic acids is 3. The number of hydrogen-bond acceptors (Lipinski definition) is 5. The third kappa shape index (κ3) is 7.70. The molecule has 3 aromatic rings. The van der Waals surface area contributed by atoms with Gasteiger partial charge in [-0.25, -0.2) is 4.79 Å². The first-order chi connectivity index (χ1) is 20.0. The van der Waals surface area contributed by atoms with Crippen LogP contribution in [0.3, 0.4) is 0 Å². The molecule has 0 saturated heterocycles. The highest BCUT2D eigenvalue weighted by Gasteiger charge is 2.44. The van der Waals surface area contributed by atoms with Gasteiger partial charge in [0.1, 0.15) is 23.4 Å². The summed E-state index contributed by atoms with van der Waals surface area (Å²) in [5.74, 6) is 1.90. The zero-order valence-electron chi connectivity index (χ0n) is 24.4. The molecule has 1 aliphatic rings. The Morgan fingerprint density at radius 2 is 1.67 bits per heavy atom. The van der Waals surface area contributed by atoms with E-state index >= 15 is 0 Å². The SMILES string of the molecule is C#Cc1ccccc1C(C(=O)Nc1ccccc1C)N(C(=O)C(Cc1ccc(O)cc1)NC(=O)OC(C)(C)C)C1CC1. The van der Waals surface area contributed by atoms with Gasteiger partial charge < -0.3 is 25.4 Å². The van der Waals surface area contributed by atoms with Crippen LogP contribution in [0.15, 0.2) is 72.8 Å². The molecule has 8 nitrogen and oxygen atoms in total. The number of hydrogen-bond donors (Lipinski definition) is 3. The van der Waals surface area contributed by atoms with Crippen molar-refractivity contribution in [2.75, 3.05) is 5.32 Å². The Bertz CT molecular complexity index is 1480. The molecule has 0 radical (unpaired) electrons. The molecular weight excluding hydrogens is 530 g/mol. The van der Waals surface area contributed by atoms with Gasteiger partial charge in [-0.15, -0.1) is 6.42 Å². The highest BCUT2D eigenvalue weighted by Crippen LogP contribution is 2.37. The van der Waals surface area contributed by atoms with Gasteiger partial charge in [-0.2, -0.15) is 0 Å². The van der Waals surface area contributed by atoms with E-state index in [1.54, 1.807) is 68.1 Å². The van der Waals surface area contributed by atoms with Crippen molar-refractivity contribution in [3.8, 4) is 18.1 Å². The van der Waals surface area contributed by atoms with Gasteiger partial charge in [0.25, 0.3) is 5.91 Å². The molecule has 1 fully saturated rings. The van der Waals surface area contributed by atoms with Crippen LogP contribution < -0.4 is 10.6 Å². The fourth-order valence-corrected chi connectivity index (χ4v) is 4.77. The summed E-state index contributed by atoms with van der Waals surface area (Å²) in [4.78, 5) is 43.1. The minimum atomic E-state index is -1.06. The Labute approximate surface area is 247 Å². The predicted octanol–water partition coefficient (Wildman–Crippen LogP) is 5.49. The number of alkyl carbamates (subject to hydrolysis) is 1. The largest absolute Gasteiger partial charge is 0.508 e. The van der Waals surface area contributed by atoms with E-state index in [9.17, 15) is 19.5 Å². The van der Waals surface area contributed by atoms with Crippen LogP contribution in [0.2, 0.25) is 0 Å². The minimum Gasteiger partial charge on any atom is -0.508 e. The summed E-state index contributed by atoms with van der Waals surface area (Å²) in [6.07, 6.45) is 6.63. The molecule has 0 spiro atoms. The minimum absolute atomic E-state index is 0.0835. The number of ether oxygens (including phenoxy) is 1. The van der Waals surface area contributed by atoms with Crippen LogP contribution in [0.5, 0.6) is 5.75 Å². The van der Waals surface area contributed by atoms with Crippen molar-refractivity contribution in [1.29, 1.82) is 0 Å². The van der Waals surface area contributed by atoms with Crippen molar-refractivity contribution in [3.05, 3.63) is 95.1 Å². The second-order valence-corrected chi connectivity index (χ2v) is 11.5. The number of aryl methyl sites for hydroxylation is 1. The van der Waals surface area contributed by atoms with Crippen molar-refractivity contribution < 1.29 is 24.2 Å². The van der Waals surface area contributed by atoms with E-state index in [0.29, 0.717) is 35.2 Å². The maximum absolute atomic E-state index is 14.5. The van der Waals surface area contributed by atoms with Gasteiger partial charge in [-0.1, -0.05) is 54.5 Å². The first-order valence-corrected chi connectivity index (χ1v) is 14.0. The number of anilines is 1. The van der Waals surface area contributed by atoms with Crippen LogP contribution in [0.25, 0.3) is 0 Å². The molecule has 3 amide bonds. The van der Waals surface area contributed by atoms with E-state index in [0.717, 1.165) is 5.56 Å². The maximum Gasteiger partial charge on any atom is 0.408 e. The molecule has 2 unspecified atom stereocenters. The highest BCUT2D eigenvalue weighted by molar-refractivity contribution is 6.00. The number of carbonyl (C=O) groups is 3. The number of aromatic hydroxyl groups is 1. The summed E-state index contributed by atoms with van der Waals surface area (Å²) >= 11 is 0. The van der Waals surface area contributed by atoms with Gasteiger partial charge in [0.2, 0.25) is 5.91 Å². The molecular formula is C34H37N3O5. The highest BCUT2D eigenvalue weighted by atomic mass is 16.6. The van der Waals surface area contributed by atoms with E-state index in [1.807, 2.05) is 25.1 Å². The Morgan fingerprint density at radius 1 is 1.02 bits per heavy atom. The Kier molecular flexibility index (Phi) is 9.21. The molecule has 8 heteroatoms.